The lowest BCUT2D eigenvalue weighted by Gasteiger charge is -2.15. The fourth-order valence-electron chi connectivity index (χ4n) is 2.47. The first-order valence-electron chi connectivity index (χ1n) is 8.67. The second kappa shape index (κ2) is 9.24. The van der Waals surface area contributed by atoms with E-state index in [-0.39, 0.29) is 39.9 Å². The molecule has 11 heteroatoms. The van der Waals surface area contributed by atoms with Crippen LogP contribution in [0.3, 0.4) is 0 Å². The molecule has 0 atom stereocenters. The number of nitro groups is 1. The third-order valence-corrected chi connectivity index (χ3v) is 5.18. The van der Waals surface area contributed by atoms with Crippen molar-refractivity contribution in [3.63, 3.8) is 0 Å². The van der Waals surface area contributed by atoms with Gasteiger partial charge in [-0.05, 0) is 45.0 Å². The number of nitro benzene ring substituents is 1. The number of carbonyl (C=O) groups excluding carboxylic acids is 1. The Balaban J connectivity index is 2.41. The summed E-state index contributed by atoms with van der Waals surface area (Å²) in [5, 5.41) is 13.5. The molecule has 2 N–H and O–H groups in total. The summed E-state index contributed by atoms with van der Waals surface area (Å²) >= 11 is 0. The first-order chi connectivity index (χ1) is 13.7. The van der Waals surface area contributed by atoms with E-state index in [1.807, 2.05) is 0 Å². The highest BCUT2D eigenvalue weighted by molar-refractivity contribution is 7.92. The highest BCUT2D eigenvalue weighted by atomic mass is 32.2. The van der Waals surface area contributed by atoms with E-state index in [4.69, 9.17) is 9.47 Å². The molecule has 0 radical (unpaired) electrons. The summed E-state index contributed by atoms with van der Waals surface area (Å²) in [5.41, 5.74) is 0.162. The zero-order chi connectivity index (χ0) is 21.6. The summed E-state index contributed by atoms with van der Waals surface area (Å²) in [5.74, 6) is 0.269. The summed E-state index contributed by atoms with van der Waals surface area (Å²) < 4.78 is 38.2. The number of anilines is 2. The SMILES string of the molecule is CCOC(=O)Nc1cc(S(=O)(=O)Nc2cccc([N+](=O)[O-])c2C)ccc1OCC. The minimum atomic E-state index is -4.10. The van der Waals surface area contributed by atoms with Gasteiger partial charge in [-0.25, -0.2) is 13.2 Å². The molecule has 0 aromatic heterocycles. The van der Waals surface area contributed by atoms with Gasteiger partial charge in [0.15, 0.2) is 0 Å². The lowest BCUT2D eigenvalue weighted by atomic mass is 10.2. The van der Waals surface area contributed by atoms with E-state index < -0.39 is 21.0 Å². The number of nitrogens with one attached hydrogen (secondary N) is 2. The van der Waals surface area contributed by atoms with Crippen molar-refractivity contribution in [3.05, 3.63) is 52.1 Å². The number of hydrogen-bond acceptors (Lipinski definition) is 7. The topological polar surface area (TPSA) is 137 Å². The molecule has 0 saturated carbocycles. The van der Waals surface area contributed by atoms with Gasteiger partial charge in [0.2, 0.25) is 0 Å². The van der Waals surface area contributed by atoms with Crippen LogP contribution < -0.4 is 14.8 Å². The molecular weight excluding hydrogens is 402 g/mol. The maximum Gasteiger partial charge on any atom is 0.411 e. The molecule has 0 aliphatic carbocycles. The van der Waals surface area contributed by atoms with Crippen LogP contribution >= 0.6 is 0 Å². The Morgan fingerprint density at radius 3 is 2.48 bits per heavy atom. The number of benzene rings is 2. The van der Waals surface area contributed by atoms with E-state index in [9.17, 15) is 23.3 Å². The van der Waals surface area contributed by atoms with Crippen molar-refractivity contribution in [1.29, 1.82) is 0 Å². The molecule has 0 saturated heterocycles. The molecule has 29 heavy (non-hydrogen) atoms. The average molecular weight is 423 g/mol. The number of ether oxygens (including phenoxy) is 2. The molecule has 0 aliphatic heterocycles. The fraction of sp³-hybridized carbons (Fsp3) is 0.278. The van der Waals surface area contributed by atoms with Crippen LogP contribution in [-0.2, 0) is 14.8 Å². The molecule has 0 fully saturated rings. The van der Waals surface area contributed by atoms with Gasteiger partial charge in [-0.3, -0.25) is 20.2 Å². The zero-order valence-corrected chi connectivity index (χ0v) is 16.9. The summed E-state index contributed by atoms with van der Waals surface area (Å²) in [6.07, 6.45) is -0.759. The van der Waals surface area contributed by atoms with Crippen LogP contribution in [0.2, 0.25) is 0 Å². The van der Waals surface area contributed by atoms with Crippen LogP contribution in [-0.4, -0.2) is 32.6 Å². The molecule has 0 unspecified atom stereocenters. The summed E-state index contributed by atoms with van der Waals surface area (Å²) in [6, 6.07) is 8.01. The van der Waals surface area contributed by atoms with Crippen molar-refractivity contribution >= 4 is 33.2 Å². The number of amides is 1. The number of nitrogens with zero attached hydrogens (tertiary/aromatic N) is 1. The monoisotopic (exact) mass is 423 g/mol. The van der Waals surface area contributed by atoms with Crippen molar-refractivity contribution in [2.45, 2.75) is 25.7 Å². The number of carbonyl (C=O) groups is 1. The third-order valence-electron chi connectivity index (χ3n) is 3.82. The zero-order valence-electron chi connectivity index (χ0n) is 16.1. The van der Waals surface area contributed by atoms with Gasteiger partial charge >= 0.3 is 6.09 Å². The lowest BCUT2D eigenvalue weighted by Crippen LogP contribution is -2.17. The molecule has 2 rings (SSSR count). The number of rotatable bonds is 8. The molecule has 2 aromatic rings. The Kier molecular flexibility index (Phi) is 6.99. The van der Waals surface area contributed by atoms with Crippen LogP contribution in [0.4, 0.5) is 21.9 Å². The van der Waals surface area contributed by atoms with Crippen molar-refractivity contribution in [3.8, 4) is 5.75 Å². The molecule has 156 valence electrons. The van der Waals surface area contributed by atoms with Crippen LogP contribution in [0, 0.1) is 17.0 Å². The molecule has 0 bridgehead atoms. The van der Waals surface area contributed by atoms with Gasteiger partial charge in [-0.2, -0.15) is 0 Å². The Labute approximate surface area is 168 Å². The second-order valence-electron chi connectivity index (χ2n) is 5.75. The first kappa shape index (κ1) is 22.0. The van der Waals surface area contributed by atoms with E-state index >= 15 is 0 Å². The Bertz CT molecular complexity index is 1020. The standard InChI is InChI=1S/C18H21N3O7S/c1-4-27-17-10-9-13(11-15(17)19-18(22)28-5-2)29(25,26)20-14-7-6-8-16(12(14)3)21(23)24/h6-11,20H,4-5H2,1-3H3,(H,19,22). The van der Waals surface area contributed by atoms with Gasteiger partial charge in [-0.15, -0.1) is 0 Å². The number of hydrogen-bond donors (Lipinski definition) is 2. The smallest absolute Gasteiger partial charge is 0.411 e. The fourth-order valence-corrected chi connectivity index (χ4v) is 3.62. The van der Waals surface area contributed by atoms with Crippen LogP contribution in [0.5, 0.6) is 5.75 Å². The normalized spacial score (nSPS) is 10.9. The summed E-state index contributed by atoms with van der Waals surface area (Å²) in [6.45, 7) is 5.26. The van der Waals surface area contributed by atoms with Crippen molar-refractivity contribution in [1.82, 2.24) is 0 Å². The minimum Gasteiger partial charge on any atom is -0.492 e. The van der Waals surface area contributed by atoms with Crippen LogP contribution in [0.1, 0.15) is 19.4 Å². The van der Waals surface area contributed by atoms with Crippen molar-refractivity contribution in [2.75, 3.05) is 23.3 Å². The minimum absolute atomic E-state index is 0.0768. The quantitative estimate of drug-likeness (QED) is 0.488. The Morgan fingerprint density at radius 2 is 1.86 bits per heavy atom. The predicted octanol–water partition coefficient (Wildman–Crippen LogP) is 3.67. The van der Waals surface area contributed by atoms with E-state index in [1.165, 1.54) is 43.3 Å². The molecule has 10 nitrogen and oxygen atoms in total. The molecular formula is C18H21N3O7S. The summed E-state index contributed by atoms with van der Waals surface area (Å²) in [4.78, 5) is 22.1. The van der Waals surface area contributed by atoms with Crippen molar-refractivity contribution in [2.24, 2.45) is 0 Å². The van der Waals surface area contributed by atoms with E-state index in [0.29, 0.717) is 6.61 Å². The highest BCUT2D eigenvalue weighted by Crippen LogP contribution is 2.31. The van der Waals surface area contributed by atoms with E-state index in [0.717, 1.165) is 0 Å². The predicted molar refractivity (Wildman–Crippen MR) is 107 cm³/mol. The molecule has 0 heterocycles. The van der Waals surface area contributed by atoms with Gasteiger partial charge < -0.3 is 9.47 Å². The van der Waals surface area contributed by atoms with Gasteiger partial charge in [0.05, 0.1) is 40.0 Å². The number of sulfonamides is 1. The molecule has 0 spiro atoms. The maximum absolute atomic E-state index is 12.8. The largest absolute Gasteiger partial charge is 0.492 e. The Morgan fingerprint density at radius 1 is 1.14 bits per heavy atom. The van der Waals surface area contributed by atoms with E-state index in [2.05, 4.69) is 10.0 Å². The third kappa shape index (κ3) is 5.35. The molecule has 2 aromatic carbocycles. The van der Waals surface area contributed by atoms with Crippen molar-refractivity contribution < 1.29 is 27.6 Å². The van der Waals surface area contributed by atoms with Crippen LogP contribution in [0.15, 0.2) is 41.3 Å². The first-order valence-corrected chi connectivity index (χ1v) is 10.1. The molecule has 0 aliphatic rings. The van der Waals surface area contributed by atoms with Crippen LogP contribution in [0.25, 0.3) is 0 Å². The highest BCUT2D eigenvalue weighted by Gasteiger charge is 2.21. The lowest BCUT2D eigenvalue weighted by molar-refractivity contribution is -0.385. The molecule has 1 amide bonds. The van der Waals surface area contributed by atoms with Gasteiger partial charge in [-0.1, -0.05) is 6.07 Å². The van der Waals surface area contributed by atoms with Gasteiger partial charge in [0.25, 0.3) is 15.7 Å². The average Bonchev–Trinajstić information content (AvgIpc) is 2.64. The van der Waals surface area contributed by atoms with Gasteiger partial charge in [0.1, 0.15) is 5.75 Å². The summed E-state index contributed by atoms with van der Waals surface area (Å²) in [7, 11) is -4.10. The van der Waals surface area contributed by atoms with E-state index in [1.54, 1.807) is 13.8 Å². The Hall–Kier alpha value is -3.34. The second-order valence-corrected chi connectivity index (χ2v) is 7.43. The maximum atomic E-state index is 12.8. The van der Waals surface area contributed by atoms with Gasteiger partial charge in [0, 0.05) is 6.07 Å².